The van der Waals surface area contributed by atoms with Crippen molar-refractivity contribution in [3.8, 4) is 0 Å². The number of ether oxygens (including phenoxy) is 1. The summed E-state index contributed by atoms with van der Waals surface area (Å²) in [7, 11) is -3.73. The molecule has 0 unspecified atom stereocenters. The summed E-state index contributed by atoms with van der Waals surface area (Å²) in [6.45, 7) is 4.97. The van der Waals surface area contributed by atoms with Gasteiger partial charge in [0.2, 0.25) is 10.0 Å². The molecular formula is C12H19N3O4S. The third-order valence-electron chi connectivity index (χ3n) is 3.17. The number of carbonyl (C=O) groups is 1. The molecule has 2 rings (SSSR count). The molecule has 0 atom stereocenters. The van der Waals surface area contributed by atoms with Crippen LogP contribution in [0.3, 0.4) is 0 Å². The fourth-order valence-corrected chi connectivity index (χ4v) is 4.11. The second-order valence-electron chi connectivity index (χ2n) is 4.85. The highest BCUT2D eigenvalue weighted by molar-refractivity contribution is 7.89. The zero-order valence-electron chi connectivity index (χ0n) is 11.8. The predicted molar refractivity (Wildman–Crippen MR) is 71.6 cm³/mol. The molecule has 1 N–H and O–H groups in total. The van der Waals surface area contributed by atoms with Gasteiger partial charge in [-0.25, -0.2) is 8.42 Å². The smallest absolute Gasteiger partial charge is 0.321 e. The highest BCUT2D eigenvalue weighted by atomic mass is 32.2. The number of aryl methyl sites for hydroxylation is 2. The van der Waals surface area contributed by atoms with Gasteiger partial charge in [-0.3, -0.25) is 9.89 Å². The number of sulfonamides is 1. The second kappa shape index (κ2) is 5.53. The standard InChI is InChI=1S/C12H19N3O4S/c1-4-19-11(16)7-15(10-5-6-10)20(17,18)12-8(2)13-14-9(12)3/h10H,4-7H2,1-3H3,(H,13,14). The Labute approximate surface area is 118 Å². The molecule has 1 aromatic rings. The van der Waals surface area contributed by atoms with Crippen LogP contribution in [0.2, 0.25) is 0 Å². The normalized spacial score (nSPS) is 15.6. The fraction of sp³-hybridized carbons (Fsp3) is 0.667. The van der Waals surface area contributed by atoms with Crippen molar-refractivity contribution in [3.63, 3.8) is 0 Å². The zero-order chi connectivity index (χ0) is 14.9. The lowest BCUT2D eigenvalue weighted by molar-refractivity contribution is -0.143. The second-order valence-corrected chi connectivity index (χ2v) is 6.68. The molecule has 0 radical (unpaired) electrons. The van der Waals surface area contributed by atoms with Gasteiger partial charge in [0.1, 0.15) is 11.4 Å². The first kappa shape index (κ1) is 15.0. The van der Waals surface area contributed by atoms with Gasteiger partial charge >= 0.3 is 5.97 Å². The SMILES string of the molecule is CCOC(=O)CN(C1CC1)S(=O)(=O)c1c(C)n[nH]c1C. The maximum atomic E-state index is 12.7. The van der Waals surface area contributed by atoms with Gasteiger partial charge in [-0.05, 0) is 33.6 Å². The molecule has 1 saturated carbocycles. The van der Waals surface area contributed by atoms with Crippen molar-refractivity contribution in [3.05, 3.63) is 11.4 Å². The van der Waals surface area contributed by atoms with E-state index in [1.54, 1.807) is 20.8 Å². The van der Waals surface area contributed by atoms with Gasteiger partial charge in [-0.1, -0.05) is 0 Å². The molecule has 112 valence electrons. The third-order valence-corrected chi connectivity index (χ3v) is 5.33. The zero-order valence-corrected chi connectivity index (χ0v) is 12.7. The molecule has 0 spiro atoms. The lowest BCUT2D eigenvalue weighted by atomic mass is 10.4. The van der Waals surface area contributed by atoms with E-state index >= 15 is 0 Å². The van der Waals surface area contributed by atoms with E-state index in [-0.39, 0.29) is 24.1 Å². The van der Waals surface area contributed by atoms with Crippen LogP contribution in [0, 0.1) is 13.8 Å². The van der Waals surface area contributed by atoms with Crippen LogP contribution in [0.15, 0.2) is 4.90 Å². The van der Waals surface area contributed by atoms with Crippen LogP contribution in [0.5, 0.6) is 0 Å². The number of nitrogens with one attached hydrogen (secondary N) is 1. The molecule has 1 aliphatic rings. The van der Waals surface area contributed by atoms with Crippen LogP contribution < -0.4 is 0 Å². The third kappa shape index (κ3) is 2.85. The van der Waals surface area contributed by atoms with Crippen LogP contribution in [-0.4, -0.2) is 48.1 Å². The van der Waals surface area contributed by atoms with E-state index in [0.717, 1.165) is 12.8 Å². The summed E-state index contributed by atoms with van der Waals surface area (Å²) < 4.78 is 31.5. The monoisotopic (exact) mass is 301 g/mol. The number of aromatic amines is 1. The van der Waals surface area contributed by atoms with Crippen LogP contribution in [-0.2, 0) is 19.6 Å². The van der Waals surface area contributed by atoms with Gasteiger partial charge in [0.25, 0.3) is 0 Å². The minimum absolute atomic E-state index is 0.113. The summed E-state index contributed by atoms with van der Waals surface area (Å²) in [5.74, 6) is -0.526. The van der Waals surface area contributed by atoms with Crippen LogP contribution in [0.25, 0.3) is 0 Å². The number of rotatable bonds is 6. The molecule has 0 bridgehead atoms. The lowest BCUT2D eigenvalue weighted by Gasteiger charge is -2.20. The van der Waals surface area contributed by atoms with Crippen molar-refractivity contribution >= 4 is 16.0 Å². The Hall–Kier alpha value is -1.41. The molecule has 20 heavy (non-hydrogen) atoms. The van der Waals surface area contributed by atoms with Crippen molar-refractivity contribution in [2.75, 3.05) is 13.2 Å². The molecule has 1 fully saturated rings. The average molecular weight is 301 g/mol. The lowest BCUT2D eigenvalue weighted by Crippen LogP contribution is -2.38. The number of H-pyrrole nitrogens is 1. The molecule has 7 nitrogen and oxygen atoms in total. The maximum Gasteiger partial charge on any atom is 0.321 e. The van der Waals surface area contributed by atoms with Gasteiger partial charge < -0.3 is 4.74 Å². The Balaban J connectivity index is 2.31. The quantitative estimate of drug-likeness (QED) is 0.782. The number of hydrogen-bond donors (Lipinski definition) is 1. The molecule has 0 aliphatic heterocycles. The summed E-state index contributed by atoms with van der Waals surface area (Å²) >= 11 is 0. The van der Waals surface area contributed by atoms with Crippen molar-refractivity contribution in [2.24, 2.45) is 0 Å². The highest BCUT2D eigenvalue weighted by Crippen LogP contribution is 2.33. The van der Waals surface area contributed by atoms with Crippen molar-refractivity contribution in [1.82, 2.24) is 14.5 Å². The summed E-state index contributed by atoms with van der Waals surface area (Å²) in [4.78, 5) is 11.8. The molecule has 1 aromatic heterocycles. The fourth-order valence-electron chi connectivity index (χ4n) is 2.14. The van der Waals surface area contributed by atoms with Gasteiger partial charge in [-0.2, -0.15) is 9.40 Å². The van der Waals surface area contributed by atoms with Crippen molar-refractivity contribution in [1.29, 1.82) is 0 Å². The van der Waals surface area contributed by atoms with Crippen LogP contribution in [0.1, 0.15) is 31.2 Å². The summed E-state index contributed by atoms with van der Waals surface area (Å²) in [6, 6.07) is -0.113. The molecule has 8 heteroatoms. The maximum absolute atomic E-state index is 12.7. The minimum atomic E-state index is -3.73. The van der Waals surface area contributed by atoms with E-state index in [9.17, 15) is 13.2 Å². The number of nitrogens with zero attached hydrogens (tertiary/aromatic N) is 2. The molecule has 1 heterocycles. The Bertz CT molecular complexity index is 585. The molecule has 0 saturated heterocycles. The molecule has 0 amide bonds. The number of hydrogen-bond acceptors (Lipinski definition) is 5. The van der Waals surface area contributed by atoms with E-state index in [2.05, 4.69) is 10.2 Å². The molecule has 1 aliphatic carbocycles. The first-order valence-corrected chi connectivity index (χ1v) is 8.01. The number of aromatic nitrogens is 2. The average Bonchev–Trinajstić information content (AvgIpc) is 3.12. The van der Waals surface area contributed by atoms with Crippen LogP contribution in [0.4, 0.5) is 0 Å². The van der Waals surface area contributed by atoms with E-state index < -0.39 is 16.0 Å². The minimum Gasteiger partial charge on any atom is -0.465 e. The van der Waals surface area contributed by atoms with E-state index in [1.807, 2.05) is 0 Å². The van der Waals surface area contributed by atoms with E-state index in [4.69, 9.17) is 4.74 Å². The Morgan fingerprint density at radius 1 is 1.45 bits per heavy atom. The summed E-state index contributed by atoms with van der Waals surface area (Å²) in [5.41, 5.74) is 0.897. The van der Waals surface area contributed by atoms with Gasteiger partial charge in [0, 0.05) is 6.04 Å². The summed E-state index contributed by atoms with van der Waals surface area (Å²) in [6.07, 6.45) is 1.54. The van der Waals surface area contributed by atoms with Crippen molar-refractivity contribution < 1.29 is 17.9 Å². The highest BCUT2D eigenvalue weighted by Gasteiger charge is 2.41. The van der Waals surface area contributed by atoms with E-state index in [1.165, 1.54) is 4.31 Å². The number of carbonyl (C=O) groups excluding carboxylic acids is 1. The Kier molecular flexibility index (Phi) is 4.14. The topological polar surface area (TPSA) is 92.4 Å². The Morgan fingerprint density at radius 2 is 2.10 bits per heavy atom. The largest absolute Gasteiger partial charge is 0.465 e. The van der Waals surface area contributed by atoms with Crippen molar-refractivity contribution in [2.45, 2.75) is 44.6 Å². The molecular weight excluding hydrogens is 282 g/mol. The van der Waals surface area contributed by atoms with Gasteiger partial charge in [0.15, 0.2) is 0 Å². The van der Waals surface area contributed by atoms with E-state index in [0.29, 0.717) is 11.4 Å². The van der Waals surface area contributed by atoms with Gasteiger partial charge in [-0.15, -0.1) is 0 Å². The van der Waals surface area contributed by atoms with Crippen LogP contribution >= 0.6 is 0 Å². The first-order valence-electron chi connectivity index (χ1n) is 6.57. The van der Waals surface area contributed by atoms with Gasteiger partial charge in [0.05, 0.1) is 18.0 Å². The predicted octanol–water partition coefficient (Wildman–Crippen LogP) is 0.743. The Morgan fingerprint density at radius 3 is 2.55 bits per heavy atom. The molecule has 0 aromatic carbocycles. The number of esters is 1. The summed E-state index contributed by atoms with van der Waals surface area (Å²) in [5, 5.41) is 6.58. The first-order chi connectivity index (χ1) is 9.37.